The highest BCUT2D eigenvalue weighted by Crippen LogP contribution is 2.31. The van der Waals surface area contributed by atoms with E-state index in [4.69, 9.17) is 5.73 Å². The lowest BCUT2D eigenvalue weighted by atomic mass is 9.77. The van der Waals surface area contributed by atoms with Crippen molar-refractivity contribution in [2.24, 2.45) is 11.7 Å². The van der Waals surface area contributed by atoms with Crippen molar-refractivity contribution < 1.29 is 4.39 Å². The second-order valence-corrected chi connectivity index (χ2v) is 6.37. The SMILES string of the molecule is CC1CCCC(N)(CN(C)Cc2cccc(F)c2)C1. The van der Waals surface area contributed by atoms with Crippen LogP contribution in [0.1, 0.15) is 38.2 Å². The quantitative estimate of drug-likeness (QED) is 0.905. The first-order chi connectivity index (χ1) is 8.97. The molecule has 0 bridgehead atoms. The van der Waals surface area contributed by atoms with Crippen molar-refractivity contribution in [3.05, 3.63) is 35.6 Å². The van der Waals surface area contributed by atoms with Gasteiger partial charge in [-0.1, -0.05) is 31.9 Å². The fourth-order valence-corrected chi connectivity index (χ4v) is 3.38. The van der Waals surface area contributed by atoms with E-state index in [0.29, 0.717) is 0 Å². The molecule has 0 heterocycles. The van der Waals surface area contributed by atoms with Crippen LogP contribution in [0.3, 0.4) is 0 Å². The molecule has 0 radical (unpaired) electrons. The van der Waals surface area contributed by atoms with Crippen molar-refractivity contribution in [1.29, 1.82) is 0 Å². The molecule has 1 fully saturated rings. The Kier molecular flexibility index (Phi) is 4.58. The molecule has 1 saturated carbocycles. The molecular weight excluding hydrogens is 239 g/mol. The van der Waals surface area contributed by atoms with Crippen LogP contribution in [0.2, 0.25) is 0 Å². The Balaban J connectivity index is 1.91. The highest BCUT2D eigenvalue weighted by Gasteiger charge is 2.31. The largest absolute Gasteiger partial charge is 0.324 e. The summed E-state index contributed by atoms with van der Waals surface area (Å²) < 4.78 is 13.2. The van der Waals surface area contributed by atoms with Crippen molar-refractivity contribution in [2.75, 3.05) is 13.6 Å². The Morgan fingerprint density at radius 3 is 2.95 bits per heavy atom. The molecule has 1 aliphatic carbocycles. The first kappa shape index (κ1) is 14.5. The molecule has 2 nitrogen and oxygen atoms in total. The van der Waals surface area contributed by atoms with Gasteiger partial charge < -0.3 is 10.6 Å². The predicted molar refractivity (Wildman–Crippen MR) is 77.3 cm³/mol. The van der Waals surface area contributed by atoms with Gasteiger partial charge >= 0.3 is 0 Å². The lowest BCUT2D eigenvalue weighted by Crippen LogP contribution is -2.51. The maximum atomic E-state index is 13.2. The number of benzene rings is 1. The van der Waals surface area contributed by atoms with Crippen molar-refractivity contribution in [2.45, 2.75) is 44.7 Å². The van der Waals surface area contributed by atoms with Crippen molar-refractivity contribution in [3.63, 3.8) is 0 Å². The van der Waals surface area contributed by atoms with Crippen LogP contribution < -0.4 is 5.73 Å². The van der Waals surface area contributed by atoms with Gasteiger partial charge in [0.25, 0.3) is 0 Å². The number of hydrogen-bond donors (Lipinski definition) is 1. The van der Waals surface area contributed by atoms with Gasteiger partial charge in [0, 0.05) is 18.6 Å². The monoisotopic (exact) mass is 264 g/mol. The molecule has 1 aromatic rings. The summed E-state index contributed by atoms with van der Waals surface area (Å²) in [5.74, 6) is 0.556. The second kappa shape index (κ2) is 6.02. The van der Waals surface area contributed by atoms with E-state index in [1.54, 1.807) is 12.1 Å². The molecular formula is C16H25FN2. The van der Waals surface area contributed by atoms with E-state index in [0.717, 1.165) is 37.4 Å². The van der Waals surface area contributed by atoms with Gasteiger partial charge in [0.05, 0.1) is 0 Å². The van der Waals surface area contributed by atoms with Crippen LogP contribution in [0.4, 0.5) is 4.39 Å². The fraction of sp³-hybridized carbons (Fsp3) is 0.625. The van der Waals surface area contributed by atoms with Gasteiger partial charge in [-0.3, -0.25) is 0 Å². The molecule has 1 aromatic carbocycles. The highest BCUT2D eigenvalue weighted by molar-refractivity contribution is 5.16. The lowest BCUT2D eigenvalue weighted by Gasteiger charge is -2.39. The zero-order valence-corrected chi connectivity index (χ0v) is 12.0. The number of rotatable bonds is 4. The Morgan fingerprint density at radius 1 is 1.47 bits per heavy atom. The molecule has 2 atom stereocenters. The Labute approximate surface area is 115 Å². The van der Waals surface area contributed by atoms with Crippen LogP contribution in [0.5, 0.6) is 0 Å². The standard InChI is InChI=1S/C16H25FN2/c1-13-5-4-8-16(18,10-13)12-19(2)11-14-6-3-7-15(17)9-14/h3,6-7,9,13H,4-5,8,10-12,18H2,1-2H3. The Morgan fingerprint density at radius 2 is 2.26 bits per heavy atom. The molecule has 2 unspecified atom stereocenters. The van der Waals surface area contributed by atoms with Crippen LogP contribution in [0, 0.1) is 11.7 Å². The third-order valence-electron chi connectivity index (χ3n) is 4.05. The normalized spacial score (nSPS) is 27.7. The molecule has 0 saturated heterocycles. The Hall–Kier alpha value is -0.930. The molecule has 19 heavy (non-hydrogen) atoms. The van der Waals surface area contributed by atoms with E-state index in [-0.39, 0.29) is 11.4 Å². The van der Waals surface area contributed by atoms with Gasteiger partial charge in [-0.05, 0) is 43.5 Å². The van der Waals surface area contributed by atoms with E-state index in [9.17, 15) is 4.39 Å². The number of halogens is 1. The van der Waals surface area contributed by atoms with Gasteiger partial charge in [0.1, 0.15) is 5.82 Å². The zero-order valence-electron chi connectivity index (χ0n) is 12.0. The summed E-state index contributed by atoms with van der Waals surface area (Å²) in [4.78, 5) is 2.22. The molecule has 2 N–H and O–H groups in total. The van der Waals surface area contributed by atoms with E-state index < -0.39 is 0 Å². The van der Waals surface area contributed by atoms with Crippen molar-refractivity contribution >= 4 is 0 Å². The average molecular weight is 264 g/mol. The van der Waals surface area contributed by atoms with Gasteiger partial charge in [-0.25, -0.2) is 4.39 Å². The second-order valence-electron chi connectivity index (χ2n) is 6.37. The zero-order chi connectivity index (χ0) is 13.9. The minimum absolute atomic E-state index is 0.0697. The summed E-state index contributed by atoms with van der Waals surface area (Å²) in [5.41, 5.74) is 7.46. The number of hydrogen-bond acceptors (Lipinski definition) is 2. The molecule has 0 amide bonds. The molecule has 0 spiro atoms. The third kappa shape index (κ3) is 4.29. The average Bonchev–Trinajstić information content (AvgIpc) is 2.27. The predicted octanol–water partition coefficient (Wildman–Crippen LogP) is 3.17. The molecule has 0 aliphatic heterocycles. The maximum absolute atomic E-state index is 13.2. The van der Waals surface area contributed by atoms with Crippen LogP contribution in [0.15, 0.2) is 24.3 Å². The topological polar surface area (TPSA) is 29.3 Å². The van der Waals surface area contributed by atoms with Crippen molar-refractivity contribution in [1.82, 2.24) is 4.90 Å². The fourth-order valence-electron chi connectivity index (χ4n) is 3.38. The molecule has 3 heteroatoms. The van der Waals surface area contributed by atoms with Crippen LogP contribution >= 0.6 is 0 Å². The minimum atomic E-state index is -0.167. The molecule has 106 valence electrons. The summed E-state index contributed by atoms with van der Waals surface area (Å²) in [5, 5.41) is 0. The summed E-state index contributed by atoms with van der Waals surface area (Å²) in [6.07, 6.45) is 4.73. The van der Waals surface area contributed by atoms with E-state index in [1.165, 1.54) is 18.9 Å². The summed E-state index contributed by atoms with van der Waals surface area (Å²) in [7, 11) is 2.07. The molecule has 0 aromatic heterocycles. The number of likely N-dealkylation sites (N-methyl/N-ethyl adjacent to an activating group) is 1. The maximum Gasteiger partial charge on any atom is 0.123 e. The molecule has 2 rings (SSSR count). The van der Waals surface area contributed by atoms with Gasteiger partial charge in [-0.15, -0.1) is 0 Å². The summed E-state index contributed by atoms with van der Waals surface area (Å²) >= 11 is 0. The van der Waals surface area contributed by atoms with Crippen LogP contribution in [-0.2, 0) is 6.54 Å². The minimum Gasteiger partial charge on any atom is -0.324 e. The van der Waals surface area contributed by atoms with E-state index >= 15 is 0 Å². The van der Waals surface area contributed by atoms with Gasteiger partial charge in [-0.2, -0.15) is 0 Å². The lowest BCUT2D eigenvalue weighted by molar-refractivity contribution is 0.165. The first-order valence-electron chi connectivity index (χ1n) is 7.19. The van der Waals surface area contributed by atoms with E-state index in [1.807, 2.05) is 6.07 Å². The summed E-state index contributed by atoms with van der Waals surface area (Å²) in [6, 6.07) is 6.81. The van der Waals surface area contributed by atoms with E-state index in [2.05, 4.69) is 18.9 Å². The van der Waals surface area contributed by atoms with Gasteiger partial charge in [0.2, 0.25) is 0 Å². The molecule has 1 aliphatic rings. The van der Waals surface area contributed by atoms with Gasteiger partial charge in [0.15, 0.2) is 0 Å². The van der Waals surface area contributed by atoms with Crippen molar-refractivity contribution in [3.8, 4) is 0 Å². The van der Waals surface area contributed by atoms with Crippen LogP contribution in [0.25, 0.3) is 0 Å². The number of nitrogens with two attached hydrogens (primary N) is 1. The smallest absolute Gasteiger partial charge is 0.123 e. The number of nitrogens with zero attached hydrogens (tertiary/aromatic N) is 1. The highest BCUT2D eigenvalue weighted by atomic mass is 19.1. The Bertz CT molecular complexity index is 421. The summed E-state index contributed by atoms with van der Waals surface area (Å²) in [6.45, 7) is 3.92. The third-order valence-corrected chi connectivity index (χ3v) is 4.05. The van der Waals surface area contributed by atoms with Crippen LogP contribution in [-0.4, -0.2) is 24.0 Å². The first-order valence-corrected chi connectivity index (χ1v) is 7.19.